The number of thioether (sulfide) groups is 2. The molecule has 2 rings (SSSR count). The number of nitrogens with zero attached hydrogens (tertiary/aromatic N) is 5. The Hall–Kier alpha value is -2.12. The smallest absolute Gasteiger partial charge is 0.321 e. The highest BCUT2D eigenvalue weighted by Gasteiger charge is 2.24. The van der Waals surface area contributed by atoms with Gasteiger partial charge in [-0.3, -0.25) is 14.4 Å². The van der Waals surface area contributed by atoms with Crippen LogP contribution in [-0.2, 0) is 21.1 Å². The molecule has 11 nitrogen and oxygen atoms in total. The molecule has 0 saturated carbocycles. The van der Waals surface area contributed by atoms with Crippen LogP contribution in [0.3, 0.4) is 0 Å². The summed E-state index contributed by atoms with van der Waals surface area (Å²) in [5.41, 5.74) is 4.21. The number of carbonyl (C=O) groups excluding carboxylic acids is 1. The number of ether oxygens (including phenoxy) is 1. The van der Waals surface area contributed by atoms with Gasteiger partial charge in [0.05, 0.1) is 5.41 Å². The molecule has 0 spiro atoms. The lowest BCUT2D eigenvalue weighted by Gasteiger charge is -2.17. The highest BCUT2D eigenvalue weighted by atomic mass is 32.2. The number of rotatable bonds is 7. The van der Waals surface area contributed by atoms with Crippen LogP contribution in [0.25, 0.3) is 5.78 Å². The van der Waals surface area contributed by atoms with Gasteiger partial charge in [-0.05, 0) is 27.0 Å². The van der Waals surface area contributed by atoms with Gasteiger partial charge < -0.3 is 15.6 Å². The van der Waals surface area contributed by atoms with Gasteiger partial charge in [0.25, 0.3) is 5.78 Å². The predicted molar refractivity (Wildman–Crippen MR) is 98.7 cm³/mol. The summed E-state index contributed by atoms with van der Waals surface area (Å²) in [7, 11) is 0. The number of aromatic nitrogens is 5. The topological polar surface area (TPSA) is 155 Å². The maximum Gasteiger partial charge on any atom is 0.321 e. The van der Waals surface area contributed by atoms with Crippen molar-refractivity contribution in [3.05, 3.63) is 10.4 Å². The zero-order valence-corrected chi connectivity index (χ0v) is 16.8. The van der Waals surface area contributed by atoms with Crippen molar-refractivity contribution in [3.63, 3.8) is 0 Å². The van der Waals surface area contributed by atoms with Crippen LogP contribution in [0.1, 0.15) is 20.8 Å². The normalized spacial score (nSPS) is 12.9. The molecule has 13 heteroatoms. The molecule has 3 N–H and O–H groups in total. The summed E-state index contributed by atoms with van der Waals surface area (Å²) >= 11 is 2.12. The van der Waals surface area contributed by atoms with Crippen LogP contribution >= 0.6 is 23.5 Å². The number of carboxylic acid groups (broad SMARTS) is 1. The van der Waals surface area contributed by atoms with E-state index in [9.17, 15) is 14.4 Å². The molecule has 0 unspecified atom stereocenters. The molecule has 0 radical (unpaired) electrons. The summed E-state index contributed by atoms with van der Waals surface area (Å²) in [6.45, 7) is 4.86. The summed E-state index contributed by atoms with van der Waals surface area (Å²) in [5, 5.41) is 17.4. The Morgan fingerprint density at radius 1 is 1.33 bits per heavy atom. The van der Waals surface area contributed by atoms with Crippen LogP contribution < -0.4 is 11.3 Å². The Morgan fingerprint density at radius 2 is 2.00 bits per heavy atom. The fourth-order valence-corrected chi connectivity index (χ4v) is 2.90. The van der Waals surface area contributed by atoms with Gasteiger partial charge in [0, 0.05) is 5.75 Å². The lowest BCUT2D eigenvalue weighted by molar-refractivity contribution is -0.157. The highest BCUT2D eigenvalue weighted by molar-refractivity contribution is 7.99. The molecule has 27 heavy (non-hydrogen) atoms. The summed E-state index contributed by atoms with van der Waals surface area (Å²) in [4.78, 5) is 39.6. The van der Waals surface area contributed by atoms with E-state index in [1.807, 2.05) is 0 Å². The molecule has 0 fully saturated rings. The molecule has 0 aliphatic carbocycles. The molecule has 0 aromatic carbocycles. The molecule has 0 saturated heterocycles. The highest BCUT2D eigenvalue weighted by Crippen LogP contribution is 2.17. The summed E-state index contributed by atoms with van der Waals surface area (Å²) in [6.07, 6.45) is 1.75. The van der Waals surface area contributed by atoms with Crippen LogP contribution in [0.5, 0.6) is 0 Å². The van der Waals surface area contributed by atoms with E-state index in [1.165, 1.54) is 16.4 Å². The number of esters is 1. The molecule has 0 aliphatic rings. The molecule has 2 aromatic heterocycles. The van der Waals surface area contributed by atoms with Gasteiger partial charge in [-0.1, -0.05) is 23.5 Å². The third-order valence-corrected chi connectivity index (χ3v) is 4.81. The molecule has 2 aromatic rings. The fourth-order valence-electron chi connectivity index (χ4n) is 1.72. The first-order valence-electron chi connectivity index (χ1n) is 7.75. The van der Waals surface area contributed by atoms with E-state index in [-0.39, 0.29) is 23.3 Å². The SMILES string of the molecule is CSc1nc2n(COC(=O)C(C)(C)C)nc(SC[C@H](N)C(=O)O)c(=O)n2n1. The molecule has 0 aliphatic heterocycles. The molecule has 1 atom stereocenters. The lowest BCUT2D eigenvalue weighted by Crippen LogP contribution is -2.33. The number of carboxylic acids is 1. The van der Waals surface area contributed by atoms with Crippen LogP contribution in [-0.4, -0.2) is 59.5 Å². The van der Waals surface area contributed by atoms with Crippen molar-refractivity contribution >= 4 is 41.2 Å². The van der Waals surface area contributed by atoms with Gasteiger partial charge in [0.2, 0.25) is 5.16 Å². The lowest BCUT2D eigenvalue weighted by atomic mass is 9.98. The van der Waals surface area contributed by atoms with Gasteiger partial charge in [0.15, 0.2) is 11.8 Å². The van der Waals surface area contributed by atoms with Gasteiger partial charge in [-0.15, -0.1) is 5.10 Å². The first-order valence-corrected chi connectivity index (χ1v) is 9.96. The van der Waals surface area contributed by atoms with E-state index in [0.29, 0.717) is 5.16 Å². The van der Waals surface area contributed by atoms with E-state index in [1.54, 1.807) is 27.0 Å². The molecular weight excluding hydrogens is 396 g/mol. The number of fused-ring (bicyclic) bond motifs is 1. The Balaban J connectivity index is 2.39. The van der Waals surface area contributed by atoms with E-state index in [2.05, 4.69) is 15.2 Å². The van der Waals surface area contributed by atoms with E-state index >= 15 is 0 Å². The second-order valence-corrected chi connectivity index (χ2v) is 8.27. The standard InChI is InChI=1S/C14H20N6O5S2/c1-14(2,3)11(24)25-6-19-13-16-12(26-4)18-20(13)9(21)8(17-19)27-5-7(15)10(22)23/h7H,5-6,15H2,1-4H3,(H,22,23)/t7-/m0/s1. The molecule has 2 heterocycles. The van der Waals surface area contributed by atoms with Crippen molar-refractivity contribution in [2.45, 2.75) is 43.7 Å². The van der Waals surface area contributed by atoms with Gasteiger partial charge in [0.1, 0.15) is 6.04 Å². The predicted octanol–water partition coefficient (Wildman–Crippen LogP) is 0.0587. The minimum absolute atomic E-state index is 0.0245. The Kier molecular flexibility index (Phi) is 6.49. The van der Waals surface area contributed by atoms with Crippen molar-refractivity contribution in [1.82, 2.24) is 24.4 Å². The maximum absolute atomic E-state index is 12.5. The first-order chi connectivity index (χ1) is 12.5. The molecule has 0 amide bonds. The van der Waals surface area contributed by atoms with Gasteiger partial charge in [-0.2, -0.15) is 19.3 Å². The zero-order valence-electron chi connectivity index (χ0n) is 15.2. The first kappa shape index (κ1) is 21.2. The second-order valence-electron chi connectivity index (χ2n) is 6.49. The van der Waals surface area contributed by atoms with Crippen molar-refractivity contribution < 1.29 is 19.4 Å². The van der Waals surface area contributed by atoms with Crippen LogP contribution in [0.2, 0.25) is 0 Å². The quantitative estimate of drug-likeness (QED) is 0.465. The van der Waals surface area contributed by atoms with Crippen LogP contribution in [0.4, 0.5) is 0 Å². The number of nitrogens with two attached hydrogens (primary N) is 1. The molecule has 0 bridgehead atoms. The van der Waals surface area contributed by atoms with E-state index < -0.39 is 29.0 Å². The summed E-state index contributed by atoms with van der Waals surface area (Å²) in [6, 6.07) is -1.16. The monoisotopic (exact) mass is 416 g/mol. The number of hydrogen-bond acceptors (Lipinski definition) is 10. The Labute approximate surface area is 162 Å². The van der Waals surface area contributed by atoms with Crippen molar-refractivity contribution in [1.29, 1.82) is 0 Å². The largest absolute Gasteiger partial charge is 0.480 e. The van der Waals surface area contributed by atoms with Crippen LogP contribution in [0, 0.1) is 5.41 Å². The van der Waals surface area contributed by atoms with Crippen molar-refractivity contribution in [2.24, 2.45) is 11.1 Å². The Bertz CT molecular complexity index is 919. The second kappa shape index (κ2) is 8.27. The van der Waals surface area contributed by atoms with Gasteiger partial charge >= 0.3 is 17.5 Å². The summed E-state index contributed by atoms with van der Waals surface area (Å²) < 4.78 is 7.51. The van der Waals surface area contributed by atoms with Crippen LogP contribution in [0.15, 0.2) is 15.0 Å². The minimum atomic E-state index is -1.19. The molecule has 148 valence electrons. The maximum atomic E-state index is 12.5. The average molecular weight is 416 g/mol. The average Bonchev–Trinajstić information content (AvgIpc) is 3.03. The zero-order chi connectivity index (χ0) is 20.4. The Morgan fingerprint density at radius 3 is 2.56 bits per heavy atom. The number of carbonyl (C=O) groups is 2. The van der Waals surface area contributed by atoms with Crippen molar-refractivity contribution in [3.8, 4) is 0 Å². The summed E-state index contributed by atoms with van der Waals surface area (Å²) in [5.74, 6) is -1.59. The minimum Gasteiger partial charge on any atom is -0.480 e. The fraction of sp³-hybridized carbons (Fsp3) is 0.571. The number of hydrogen-bond donors (Lipinski definition) is 2. The molecular formula is C14H20N6O5S2. The van der Waals surface area contributed by atoms with E-state index in [4.69, 9.17) is 15.6 Å². The van der Waals surface area contributed by atoms with E-state index in [0.717, 1.165) is 16.3 Å². The third-order valence-electron chi connectivity index (χ3n) is 3.22. The third kappa shape index (κ3) is 4.99. The number of aliphatic carboxylic acids is 1. The van der Waals surface area contributed by atoms with Crippen molar-refractivity contribution in [2.75, 3.05) is 12.0 Å². The van der Waals surface area contributed by atoms with Gasteiger partial charge in [-0.25, -0.2) is 0 Å².